The highest BCUT2D eigenvalue weighted by atomic mass is 16.4. The maximum Gasteiger partial charge on any atom is 0.326 e. The normalized spacial score (nSPS) is 22.1. The number of hydrogen-bond acceptors (Lipinski definition) is 3. The van der Waals surface area contributed by atoms with Gasteiger partial charge in [-0.05, 0) is 43.1 Å². The van der Waals surface area contributed by atoms with E-state index in [1.165, 1.54) is 0 Å². The molecule has 1 rings (SSSR count). The summed E-state index contributed by atoms with van der Waals surface area (Å²) < 4.78 is 0. The van der Waals surface area contributed by atoms with E-state index < -0.39 is 12.0 Å². The molecule has 1 atom stereocenters. The van der Waals surface area contributed by atoms with Crippen molar-refractivity contribution in [2.75, 3.05) is 13.1 Å². The fourth-order valence-corrected chi connectivity index (χ4v) is 3.23. The predicted octanol–water partition coefficient (Wildman–Crippen LogP) is 2.24. The first-order chi connectivity index (χ1) is 9.60. The van der Waals surface area contributed by atoms with E-state index in [0.717, 1.165) is 25.7 Å². The van der Waals surface area contributed by atoms with Crippen LogP contribution < -0.4 is 5.73 Å². The van der Waals surface area contributed by atoms with Crippen LogP contribution in [0.3, 0.4) is 0 Å². The zero-order chi connectivity index (χ0) is 16.3. The van der Waals surface area contributed by atoms with E-state index in [1.807, 2.05) is 13.8 Å². The van der Waals surface area contributed by atoms with Gasteiger partial charge in [0.2, 0.25) is 5.91 Å². The van der Waals surface area contributed by atoms with Crippen LogP contribution in [0.4, 0.5) is 0 Å². The minimum Gasteiger partial charge on any atom is -0.480 e. The van der Waals surface area contributed by atoms with E-state index >= 15 is 0 Å². The number of carbonyl (C=O) groups excluding carboxylic acids is 1. The van der Waals surface area contributed by atoms with Gasteiger partial charge >= 0.3 is 5.97 Å². The van der Waals surface area contributed by atoms with Crippen LogP contribution in [-0.4, -0.2) is 41.0 Å². The summed E-state index contributed by atoms with van der Waals surface area (Å²) in [6.45, 7) is 9.23. The Balaban J connectivity index is 2.73. The van der Waals surface area contributed by atoms with Gasteiger partial charge in [0, 0.05) is 13.0 Å². The molecule has 0 saturated carbocycles. The summed E-state index contributed by atoms with van der Waals surface area (Å²) in [5, 5.41) is 9.50. The monoisotopic (exact) mass is 298 g/mol. The summed E-state index contributed by atoms with van der Waals surface area (Å²) in [7, 11) is 0. The molecule has 0 aliphatic carbocycles. The second kappa shape index (κ2) is 6.77. The lowest BCUT2D eigenvalue weighted by molar-refractivity contribution is -0.159. The largest absolute Gasteiger partial charge is 0.480 e. The molecule has 122 valence electrons. The molecule has 1 saturated heterocycles. The molecule has 21 heavy (non-hydrogen) atoms. The number of carboxylic acid groups (broad SMARTS) is 1. The van der Waals surface area contributed by atoms with Crippen LogP contribution in [0.25, 0.3) is 0 Å². The fraction of sp³-hybridized carbons (Fsp3) is 0.875. The van der Waals surface area contributed by atoms with E-state index in [4.69, 9.17) is 5.73 Å². The smallest absolute Gasteiger partial charge is 0.326 e. The molecule has 0 radical (unpaired) electrons. The molecule has 0 aromatic heterocycles. The van der Waals surface area contributed by atoms with Crippen molar-refractivity contribution in [3.63, 3.8) is 0 Å². The third-order valence-electron chi connectivity index (χ3n) is 4.66. The van der Waals surface area contributed by atoms with Gasteiger partial charge in [0.15, 0.2) is 0 Å². The van der Waals surface area contributed by atoms with Crippen molar-refractivity contribution < 1.29 is 14.7 Å². The molecule has 1 amide bonds. The van der Waals surface area contributed by atoms with Crippen LogP contribution >= 0.6 is 0 Å². The number of carbonyl (C=O) groups is 2. The molecule has 0 bridgehead atoms. The van der Waals surface area contributed by atoms with Crippen molar-refractivity contribution in [2.45, 2.75) is 65.8 Å². The van der Waals surface area contributed by atoms with Gasteiger partial charge in [0.1, 0.15) is 6.04 Å². The minimum atomic E-state index is -0.894. The van der Waals surface area contributed by atoms with Gasteiger partial charge in [0.05, 0.1) is 0 Å². The average molecular weight is 298 g/mol. The Morgan fingerprint density at radius 1 is 1.33 bits per heavy atom. The topological polar surface area (TPSA) is 83.6 Å². The Morgan fingerprint density at radius 2 is 1.95 bits per heavy atom. The maximum atomic E-state index is 12.5. The molecule has 1 heterocycles. The van der Waals surface area contributed by atoms with Crippen molar-refractivity contribution in [3.8, 4) is 0 Å². The molecule has 1 unspecified atom stereocenters. The van der Waals surface area contributed by atoms with Gasteiger partial charge in [-0.25, -0.2) is 4.79 Å². The second-order valence-corrected chi connectivity index (χ2v) is 7.62. The predicted molar refractivity (Wildman–Crippen MR) is 82.8 cm³/mol. The van der Waals surface area contributed by atoms with Crippen LogP contribution in [0, 0.1) is 10.8 Å². The van der Waals surface area contributed by atoms with Crippen LogP contribution in [0.1, 0.15) is 59.8 Å². The lowest BCUT2D eigenvalue weighted by Gasteiger charge is -2.44. The molecule has 3 N–H and O–H groups in total. The highest BCUT2D eigenvalue weighted by Gasteiger charge is 2.44. The molecule has 0 aromatic carbocycles. The average Bonchev–Trinajstić information content (AvgIpc) is 2.34. The van der Waals surface area contributed by atoms with Gasteiger partial charge in [-0.3, -0.25) is 4.79 Å². The summed E-state index contributed by atoms with van der Waals surface area (Å²) >= 11 is 0. The van der Waals surface area contributed by atoms with Crippen LogP contribution in [0.5, 0.6) is 0 Å². The molecule has 1 fully saturated rings. The first-order valence-corrected chi connectivity index (χ1v) is 7.83. The van der Waals surface area contributed by atoms with Crippen molar-refractivity contribution in [1.29, 1.82) is 0 Å². The number of carboxylic acids is 1. The molecule has 0 aromatic rings. The van der Waals surface area contributed by atoms with E-state index in [1.54, 1.807) is 4.90 Å². The van der Waals surface area contributed by atoms with Crippen molar-refractivity contribution in [2.24, 2.45) is 16.6 Å². The standard InChI is InChI=1S/C16H30N2O3/c1-15(2,9-10-17)8-6-12(19)18-11-5-7-16(3,4)13(18)14(20)21/h13H,5-11,17H2,1-4H3,(H,20,21). The Morgan fingerprint density at radius 3 is 2.48 bits per heavy atom. The third-order valence-corrected chi connectivity index (χ3v) is 4.66. The van der Waals surface area contributed by atoms with Gasteiger partial charge in [0.25, 0.3) is 0 Å². The molecular formula is C16H30N2O3. The number of rotatable bonds is 6. The SMILES string of the molecule is CC(C)(CCN)CCC(=O)N1CCCC(C)(C)C1C(=O)O. The highest BCUT2D eigenvalue weighted by molar-refractivity contribution is 5.84. The van der Waals surface area contributed by atoms with Crippen molar-refractivity contribution in [3.05, 3.63) is 0 Å². The molecular weight excluding hydrogens is 268 g/mol. The van der Waals surface area contributed by atoms with Crippen LogP contribution in [0.2, 0.25) is 0 Å². The Bertz CT molecular complexity index is 391. The van der Waals surface area contributed by atoms with Crippen molar-refractivity contribution in [1.82, 2.24) is 4.90 Å². The Hall–Kier alpha value is -1.10. The number of likely N-dealkylation sites (tertiary alicyclic amines) is 1. The first-order valence-electron chi connectivity index (χ1n) is 7.83. The zero-order valence-corrected chi connectivity index (χ0v) is 13.8. The first kappa shape index (κ1) is 18.0. The van der Waals surface area contributed by atoms with E-state index in [2.05, 4.69) is 13.8 Å². The summed E-state index contributed by atoms with van der Waals surface area (Å²) in [5.41, 5.74) is 5.24. The lowest BCUT2D eigenvalue weighted by Crippen LogP contribution is -2.56. The van der Waals surface area contributed by atoms with E-state index in [0.29, 0.717) is 19.5 Å². The fourth-order valence-electron chi connectivity index (χ4n) is 3.23. The summed E-state index contributed by atoms with van der Waals surface area (Å²) in [6, 6.07) is -0.712. The molecule has 0 spiro atoms. The lowest BCUT2D eigenvalue weighted by atomic mass is 9.76. The van der Waals surface area contributed by atoms with Crippen molar-refractivity contribution >= 4 is 11.9 Å². The third kappa shape index (κ3) is 4.70. The zero-order valence-electron chi connectivity index (χ0n) is 13.8. The number of piperidine rings is 1. The second-order valence-electron chi connectivity index (χ2n) is 7.62. The quantitative estimate of drug-likeness (QED) is 0.787. The van der Waals surface area contributed by atoms with Gasteiger partial charge in [-0.2, -0.15) is 0 Å². The summed E-state index contributed by atoms with van der Waals surface area (Å²) in [4.78, 5) is 25.6. The van der Waals surface area contributed by atoms with Crippen LogP contribution in [0.15, 0.2) is 0 Å². The number of nitrogens with zero attached hydrogens (tertiary/aromatic N) is 1. The number of aliphatic carboxylic acids is 1. The number of hydrogen-bond donors (Lipinski definition) is 2. The number of amides is 1. The molecule has 5 nitrogen and oxygen atoms in total. The molecule has 1 aliphatic heterocycles. The maximum absolute atomic E-state index is 12.5. The van der Waals surface area contributed by atoms with E-state index in [-0.39, 0.29) is 16.7 Å². The summed E-state index contributed by atoms with van der Waals surface area (Å²) in [6.07, 6.45) is 3.72. The highest BCUT2D eigenvalue weighted by Crippen LogP contribution is 2.36. The molecule has 5 heteroatoms. The minimum absolute atomic E-state index is 0.0223. The Kier molecular flexibility index (Phi) is 5.79. The molecule has 1 aliphatic rings. The summed E-state index contributed by atoms with van der Waals surface area (Å²) in [5.74, 6) is -0.936. The van der Waals surface area contributed by atoms with E-state index in [9.17, 15) is 14.7 Å². The van der Waals surface area contributed by atoms with Gasteiger partial charge in [-0.1, -0.05) is 27.7 Å². The van der Waals surface area contributed by atoms with Crippen LogP contribution in [-0.2, 0) is 9.59 Å². The van der Waals surface area contributed by atoms with Gasteiger partial charge in [-0.15, -0.1) is 0 Å². The number of nitrogens with two attached hydrogens (primary N) is 1. The Labute approximate surface area is 127 Å². The van der Waals surface area contributed by atoms with Gasteiger partial charge < -0.3 is 15.7 Å².